The maximum absolute atomic E-state index is 12.9. The summed E-state index contributed by atoms with van der Waals surface area (Å²) in [6, 6.07) is 15.4. The number of hydrogen-bond acceptors (Lipinski definition) is 7. The van der Waals surface area contributed by atoms with Gasteiger partial charge in [-0.2, -0.15) is 0 Å². The molecular weight excluding hydrogens is 426 g/mol. The third-order valence-electron chi connectivity index (χ3n) is 5.58. The summed E-state index contributed by atoms with van der Waals surface area (Å²) in [5.41, 5.74) is 3.40. The van der Waals surface area contributed by atoms with E-state index >= 15 is 0 Å². The van der Waals surface area contributed by atoms with Crippen molar-refractivity contribution in [3.63, 3.8) is 0 Å². The zero-order valence-corrected chi connectivity index (χ0v) is 18.3. The molecule has 2 aliphatic heterocycles. The third kappa shape index (κ3) is 4.26. The van der Waals surface area contributed by atoms with Gasteiger partial charge in [0.2, 0.25) is 11.9 Å². The van der Waals surface area contributed by atoms with Gasteiger partial charge in [-0.05, 0) is 42.3 Å². The molecule has 9 heteroatoms. The number of aryl methyl sites for hydroxylation is 1. The van der Waals surface area contributed by atoms with Crippen LogP contribution in [0.1, 0.15) is 22.3 Å². The lowest BCUT2D eigenvalue weighted by Crippen LogP contribution is -2.37. The van der Waals surface area contributed by atoms with Crippen molar-refractivity contribution in [3.8, 4) is 5.69 Å². The fourth-order valence-corrected chi connectivity index (χ4v) is 4.74. The molecule has 0 unspecified atom stereocenters. The molecule has 0 atom stereocenters. The van der Waals surface area contributed by atoms with Gasteiger partial charge >= 0.3 is 0 Å². The molecule has 3 heterocycles. The van der Waals surface area contributed by atoms with E-state index in [0.717, 1.165) is 36.0 Å². The highest BCUT2D eigenvalue weighted by Crippen LogP contribution is 2.29. The third-order valence-corrected chi connectivity index (χ3v) is 6.51. The molecule has 5 rings (SSSR count). The van der Waals surface area contributed by atoms with Gasteiger partial charge in [0.05, 0.1) is 24.7 Å². The van der Waals surface area contributed by atoms with Crippen LogP contribution in [0.15, 0.2) is 53.7 Å². The van der Waals surface area contributed by atoms with Gasteiger partial charge in [0, 0.05) is 30.8 Å². The van der Waals surface area contributed by atoms with Crippen molar-refractivity contribution in [2.24, 2.45) is 0 Å². The number of thioether (sulfide) groups is 1. The summed E-state index contributed by atoms with van der Waals surface area (Å²) in [5, 5.41) is 12.4. The fourth-order valence-electron chi connectivity index (χ4n) is 3.90. The first-order valence-electron chi connectivity index (χ1n) is 10.6. The van der Waals surface area contributed by atoms with E-state index in [4.69, 9.17) is 4.74 Å². The van der Waals surface area contributed by atoms with Crippen molar-refractivity contribution in [3.05, 3.63) is 59.7 Å². The van der Waals surface area contributed by atoms with Crippen LogP contribution in [0.25, 0.3) is 5.69 Å². The monoisotopic (exact) mass is 449 g/mol. The van der Waals surface area contributed by atoms with E-state index in [1.165, 1.54) is 11.8 Å². The van der Waals surface area contributed by atoms with E-state index in [-0.39, 0.29) is 17.4 Å². The Balaban J connectivity index is 1.37. The van der Waals surface area contributed by atoms with Crippen molar-refractivity contribution in [1.29, 1.82) is 0 Å². The Hall–Kier alpha value is -3.17. The molecule has 2 aliphatic rings. The molecule has 0 aliphatic carbocycles. The SMILES string of the molecule is O=C1CCc2cc(C(=O)CSc3nnc(N4CCOCC4)n3-c3ccccc3)ccc2N1. The number of para-hydroxylation sites is 1. The first-order valence-corrected chi connectivity index (χ1v) is 11.6. The van der Waals surface area contributed by atoms with Gasteiger partial charge in [-0.15, -0.1) is 10.2 Å². The van der Waals surface area contributed by atoms with Crippen LogP contribution in [-0.4, -0.2) is 58.5 Å². The van der Waals surface area contributed by atoms with E-state index in [9.17, 15) is 9.59 Å². The topological polar surface area (TPSA) is 89.3 Å². The molecular formula is C23H23N5O3S. The van der Waals surface area contributed by atoms with Gasteiger partial charge in [0.15, 0.2) is 10.9 Å². The highest BCUT2D eigenvalue weighted by molar-refractivity contribution is 7.99. The summed E-state index contributed by atoms with van der Waals surface area (Å²) < 4.78 is 7.48. The number of nitrogens with one attached hydrogen (secondary N) is 1. The summed E-state index contributed by atoms with van der Waals surface area (Å²) in [6.45, 7) is 2.81. The van der Waals surface area contributed by atoms with Crippen molar-refractivity contribution < 1.29 is 14.3 Å². The molecule has 8 nitrogen and oxygen atoms in total. The lowest BCUT2D eigenvalue weighted by molar-refractivity contribution is -0.116. The summed E-state index contributed by atoms with van der Waals surface area (Å²) in [6.07, 6.45) is 1.10. The average Bonchev–Trinajstić information content (AvgIpc) is 3.27. The molecule has 3 aromatic rings. The number of carbonyl (C=O) groups is 2. The number of carbonyl (C=O) groups excluding carboxylic acids is 2. The lowest BCUT2D eigenvalue weighted by Gasteiger charge is -2.27. The van der Waals surface area contributed by atoms with Crippen molar-refractivity contribution in [2.75, 3.05) is 42.3 Å². The standard InChI is InChI=1S/C23H23N5O3S/c29-20(17-6-8-19-16(14-17)7-9-21(30)24-19)15-32-23-26-25-22(27-10-12-31-13-11-27)28(23)18-4-2-1-3-5-18/h1-6,8,14H,7,9-13,15H2,(H,24,30). The number of fused-ring (bicyclic) bond motifs is 1. The highest BCUT2D eigenvalue weighted by Gasteiger charge is 2.23. The molecule has 1 aromatic heterocycles. The smallest absolute Gasteiger partial charge is 0.232 e. The van der Waals surface area contributed by atoms with Crippen LogP contribution in [0.4, 0.5) is 11.6 Å². The lowest BCUT2D eigenvalue weighted by atomic mass is 9.99. The molecule has 1 fully saturated rings. The Morgan fingerprint density at radius 1 is 1.06 bits per heavy atom. The van der Waals surface area contributed by atoms with Crippen LogP contribution >= 0.6 is 11.8 Å². The predicted molar refractivity (Wildman–Crippen MR) is 123 cm³/mol. The minimum atomic E-state index is 0.0171. The molecule has 0 bridgehead atoms. The molecule has 1 saturated heterocycles. The van der Waals surface area contributed by atoms with Gasteiger partial charge < -0.3 is 15.0 Å². The summed E-state index contributed by atoms with van der Waals surface area (Å²) in [4.78, 5) is 26.7. The van der Waals surface area contributed by atoms with E-state index < -0.39 is 0 Å². The molecule has 0 spiro atoms. The maximum atomic E-state index is 12.9. The summed E-state index contributed by atoms with van der Waals surface area (Å²) in [7, 11) is 0. The molecule has 164 valence electrons. The van der Waals surface area contributed by atoms with Gasteiger partial charge in [-0.25, -0.2) is 0 Å². The van der Waals surface area contributed by atoms with Crippen LogP contribution in [0.3, 0.4) is 0 Å². The van der Waals surface area contributed by atoms with Crippen LogP contribution in [0, 0.1) is 0 Å². The second kappa shape index (κ2) is 9.13. The number of Topliss-reactive ketones (excluding diaryl/α,β-unsaturated/α-hetero) is 1. The molecule has 0 saturated carbocycles. The van der Waals surface area contributed by atoms with E-state index in [2.05, 4.69) is 20.4 Å². The fraction of sp³-hybridized carbons (Fsp3) is 0.304. The highest BCUT2D eigenvalue weighted by atomic mass is 32.2. The van der Waals surface area contributed by atoms with Crippen LogP contribution < -0.4 is 10.2 Å². The summed E-state index contributed by atoms with van der Waals surface area (Å²) >= 11 is 1.38. The second-order valence-electron chi connectivity index (χ2n) is 7.68. The Morgan fingerprint density at radius 2 is 1.88 bits per heavy atom. The van der Waals surface area contributed by atoms with Gasteiger partial charge in [-0.1, -0.05) is 30.0 Å². The molecule has 32 heavy (non-hydrogen) atoms. The van der Waals surface area contributed by atoms with Gasteiger partial charge in [-0.3, -0.25) is 14.2 Å². The van der Waals surface area contributed by atoms with Gasteiger partial charge in [0.25, 0.3) is 0 Å². The zero-order valence-electron chi connectivity index (χ0n) is 17.5. The van der Waals surface area contributed by atoms with Gasteiger partial charge in [0.1, 0.15) is 0 Å². The number of benzene rings is 2. The number of amides is 1. The normalized spacial score (nSPS) is 15.9. The number of hydrogen-bond donors (Lipinski definition) is 1. The Morgan fingerprint density at radius 3 is 2.69 bits per heavy atom. The number of ketones is 1. The van der Waals surface area contributed by atoms with Crippen molar-refractivity contribution in [1.82, 2.24) is 14.8 Å². The number of anilines is 2. The molecule has 1 amide bonds. The summed E-state index contributed by atoms with van der Waals surface area (Å²) in [5.74, 6) is 1.05. The second-order valence-corrected chi connectivity index (χ2v) is 8.63. The molecule has 0 radical (unpaired) electrons. The van der Waals surface area contributed by atoms with E-state index in [1.807, 2.05) is 47.0 Å². The largest absolute Gasteiger partial charge is 0.378 e. The van der Waals surface area contributed by atoms with Crippen LogP contribution in [-0.2, 0) is 16.0 Å². The molecule has 1 N–H and O–H groups in total. The first-order chi connectivity index (χ1) is 15.7. The quantitative estimate of drug-likeness (QED) is 0.457. The number of morpholine rings is 1. The minimum Gasteiger partial charge on any atom is -0.378 e. The Kier molecular flexibility index (Phi) is 5.91. The van der Waals surface area contributed by atoms with Crippen molar-refractivity contribution >= 4 is 35.1 Å². The Labute approximate surface area is 190 Å². The van der Waals surface area contributed by atoms with Crippen LogP contribution in [0.2, 0.25) is 0 Å². The maximum Gasteiger partial charge on any atom is 0.232 e. The van der Waals surface area contributed by atoms with E-state index in [1.54, 1.807) is 6.07 Å². The Bertz CT molecular complexity index is 1140. The van der Waals surface area contributed by atoms with Crippen LogP contribution in [0.5, 0.6) is 0 Å². The first kappa shape index (κ1) is 20.7. The number of aromatic nitrogens is 3. The number of ether oxygens (including phenoxy) is 1. The predicted octanol–water partition coefficient (Wildman–Crippen LogP) is 2.96. The number of nitrogens with zero attached hydrogens (tertiary/aromatic N) is 4. The zero-order chi connectivity index (χ0) is 21.9. The minimum absolute atomic E-state index is 0.0171. The average molecular weight is 450 g/mol. The number of rotatable bonds is 6. The van der Waals surface area contributed by atoms with E-state index in [0.29, 0.717) is 36.8 Å². The van der Waals surface area contributed by atoms with Crippen molar-refractivity contribution in [2.45, 2.75) is 18.0 Å². The molecule has 2 aromatic carbocycles.